The largest absolute Gasteiger partial charge is 0.507 e. The molecule has 14 heavy (non-hydrogen) atoms. The fraction of sp³-hybridized carbons (Fsp3) is 0.111. The molecule has 0 atom stereocenters. The van der Waals surface area contributed by atoms with Crippen molar-refractivity contribution in [2.45, 2.75) is 6.61 Å². The van der Waals surface area contributed by atoms with Gasteiger partial charge < -0.3 is 14.9 Å². The van der Waals surface area contributed by atoms with E-state index in [0.29, 0.717) is 5.56 Å². The van der Waals surface area contributed by atoms with Gasteiger partial charge in [0.05, 0.1) is 5.56 Å². The fourth-order valence-electron chi connectivity index (χ4n) is 1.40. The summed E-state index contributed by atoms with van der Waals surface area (Å²) >= 11 is 0. The molecule has 1 aliphatic heterocycles. The average molecular weight is 194 g/mol. The number of fused-ring (bicyclic) bond motifs is 1. The first-order chi connectivity index (χ1) is 6.65. The number of hydrogen-bond acceptors (Lipinski definition) is 5. The number of phenolic OH excluding ortho intramolecular Hbond substituents is 2. The molecule has 0 spiro atoms. The van der Waals surface area contributed by atoms with Crippen molar-refractivity contribution >= 4 is 12.3 Å². The van der Waals surface area contributed by atoms with Gasteiger partial charge in [-0.25, -0.2) is 4.79 Å². The van der Waals surface area contributed by atoms with Crippen molar-refractivity contribution in [1.82, 2.24) is 0 Å². The van der Waals surface area contributed by atoms with E-state index in [9.17, 15) is 19.8 Å². The van der Waals surface area contributed by atoms with Gasteiger partial charge in [0, 0.05) is 5.56 Å². The second-order valence-corrected chi connectivity index (χ2v) is 2.89. The molecule has 1 aliphatic rings. The van der Waals surface area contributed by atoms with Gasteiger partial charge in [0.15, 0.2) is 6.29 Å². The highest BCUT2D eigenvalue weighted by Crippen LogP contribution is 2.36. The first-order valence-corrected chi connectivity index (χ1v) is 3.85. The van der Waals surface area contributed by atoms with E-state index < -0.39 is 11.7 Å². The number of esters is 1. The molecule has 0 saturated heterocycles. The van der Waals surface area contributed by atoms with Crippen molar-refractivity contribution < 1.29 is 24.5 Å². The van der Waals surface area contributed by atoms with Gasteiger partial charge in [-0.2, -0.15) is 0 Å². The summed E-state index contributed by atoms with van der Waals surface area (Å²) in [6.07, 6.45) is 0.288. The lowest BCUT2D eigenvalue weighted by Crippen LogP contribution is -1.97. The van der Waals surface area contributed by atoms with E-state index in [0.717, 1.165) is 0 Å². The van der Waals surface area contributed by atoms with Crippen LogP contribution < -0.4 is 0 Å². The topological polar surface area (TPSA) is 83.8 Å². The van der Waals surface area contributed by atoms with Crippen LogP contribution in [0.4, 0.5) is 0 Å². The third-order valence-corrected chi connectivity index (χ3v) is 2.08. The Hall–Kier alpha value is -2.04. The van der Waals surface area contributed by atoms with E-state index in [1.165, 1.54) is 6.07 Å². The summed E-state index contributed by atoms with van der Waals surface area (Å²) in [6, 6.07) is 1.24. The van der Waals surface area contributed by atoms with Crippen molar-refractivity contribution in [3.63, 3.8) is 0 Å². The summed E-state index contributed by atoms with van der Waals surface area (Å²) in [7, 11) is 0. The van der Waals surface area contributed by atoms with Gasteiger partial charge in [0.25, 0.3) is 0 Å². The van der Waals surface area contributed by atoms with Crippen LogP contribution in [-0.4, -0.2) is 22.5 Å². The van der Waals surface area contributed by atoms with Crippen LogP contribution >= 0.6 is 0 Å². The summed E-state index contributed by atoms with van der Waals surface area (Å²) in [5.41, 5.74) is 0.0584. The zero-order valence-corrected chi connectivity index (χ0v) is 6.98. The maximum absolute atomic E-state index is 11.1. The molecule has 2 N–H and O–H groups in total. The van der Waals surface area contributed by atoms with E-state index in [1.54, 1.807) is 0 Å². The Kier molecular flexibility index (Phi) is 1.67. The molecular weight excluding hydrogens is 188 g/mol. The third-order valence-electron chi connectivity index (χ3n) is 2.08. The molecule has 0 unspecified atom stereocenters. The Balaban J connectivity index is 2.76. The number of ether oxygens (including phenoxy) is 1. The highest BCUT2D eigenvalue weighted by Gasteiger charge is 2.28. The average Bonchev–Trinajstić information content (AvgIpc) is 2.48. The zero-order valence-electron chi connectivity index (χ0n) is 6.98. The maximum Gasteiger partial charge on any atom is 0.342 e. The first kappa shape index (κ1) is 8.55. The van der Waals surface area contributed by atoms with E-state index in [1.807, 2.05) is 0 Å². The molecule has 0 amide bonds. The Morgan fingerprint density at radius 2 is 2.14 bits per heavy atom. The number of phenols is 2. The molecule has 2 rings (SSSR count). The lowest BCUT2D eigenvalue weighted by Gasteiger charge is -2.03. The molecule has 1 aromatic rings. The second kappa shape index (κ2) is 2.73. The predicted octanol–water partition coefficient (Wildman–Crippen LogP) is 0.581. The van der Waals surface area contributed by atoms with Crippen LogP contribution in [-0.2, 0) is 11.3 Å². The normalized spacial score (nSPS) is 13.6. The van der Waals surface area contributed by atoms with Gasteiger partial charge in [-0.15, -0.1) is 0 Å². The third kappa shape index (κ3) is 0.953. The standard InChI is InChI=1S/C9H6O5/c10-2-5-6(11)1-4-3-14-9(13)7(4)8(5)12/h1-2,11-12H,3H2. The van der Waals surface area contributed by atoms with Crippen molar-refractivity contribution in [2.24, 2.45) is 0 Å². The van der Waals surface area contributed by atoms with Crippen LogP contribution in [0.1, 0.15) is 26.3 Å². The highest BCUT2D eigenvalue weighted by molar-refractivity contribution is 6.00. The molecule has 5 heteroatoms. The SMILES string of the molecule is O=Cc1c(O)cc2c(c1O)C(=O)OC2. The summed E-state index contributed by atoms with van der Waals surface area (Å²) in [4.78, 5) is 21.6. The Labute approximate surface area is 78.5 Å². The number of aldehydes is 1. The molecule has 1 heterocycles. The number of carbonyl (C=O) groups is 2. The molecule has 0 fully saturated rings. The van der Waals surface area contributed by atoms with Crippen LogP contribution in [0.3, 0.4) is 0 Å². The fourth-order valence-corrected chi connectivity index (χ4v) is 1.40. The molecule has 5 nitrogen and oxygen atoms in total. The summed E-state index contributed by atoms with van der Waals surface area (Å²) in [6.45, 7) is 0.00836. The van der Waals surface area contributed by atoms with Crippen molar-refractivity contribution in [3.05, 3.63) is 22.8 Å². The quantitative estimate of drug-likeness (QED) is 0.504. The van der Waals surface area contributed by atoms with Gasteiger partial charge in [-0.05, 0) is 6.07 Å². The zero-order chi connectivity index (χ0) is 10.3. The van der Waals surface area contributed by atoms with E-state index in [2.05, 4.69) is 4.74 Å². The number of hydrogen-bond donors (Lipinski definition) is 2. The minimum atomic E-state index is -0.680. The Morgan fingerprint density at radius 1 is 1.43 bits per heavy atom. The van der Waals surface area contributed by atoms with Crippen LogP contribution in [0.25, 0.3) is 0 Å². The van der Waals surface area contributed by atoms with Crippen LogP contribution in [0.15, 0.2) is 6.07 Å². The second-order valence-electron chi connectivity index (χ2n) is 2.89. The number of rotatable bonds is 1. The molecule has 0 saturated carbocycles. The monoisotopic (exact) mass is 194 g/mol. The molecule has 0 aromatic heterocycles. The molecule has 72 valence electrons. The molecule has 0 aliphatic carbocycles. The van der Waals surface area contributed by atoms with Crippen LogP contribution in [0.5, 0.6) is 11.5 Å². The summed E-state index contributed by atoms with van der Waals surface area (Å²) in [5.74, 6) is -1.55. The minimum Gasteiger partial charge on any atom is -0.507 e. The Morgan fingerprint density at radius 3 is 2.79 bits per heavy atom. The van der Waals surface area contributed by atoms with Crippen molar-refractivity contribution in [3.8, 4) is 11.5 Å². The molecule has 0 radical (unpaired) electrons. The summed E-state index contributed by atoms with van der Waals surface area (Å²) < 4.78 is 4.63. The van der Waals surface area contributed by atoms with E-state index in [-0.39, 0.29) is 29.8 Å². The Bertz CT molecular complexity index is 435. The van der Waals surface area contributed by atoms with Crippen LogP contribution in [0.2, 0.25) is 0 Å². The number of benzene rings is 1. The lowest BCUT2D eigenvalue weighted by molar-refractivity contribution is 0.0533. The number of cyclic esters (lactones) is 1. The van der Waals surface area contributed by atoms with Gasteiger partial charge in [-0.3, -0.25) is 4.79 Å². The van der Waals surface area contributed by atoms with E-state index >= 15 is 0 Å². The maximum atomic E-state index is 11.1. The van der Waals surface area contributed by atoms with Gasteiger partial charge in [0.1, 0.15) is 23.7 Å². The predicted molar refractivity (Wildman–Crippen MR) is 44.3 cm³/mol. The number of aromatic hydroxyl groups is 2. The van der Waals surface area contributed by atoms with Crippen LogP contribution in [0, 0.1) is 0 Å². The van der Waals surface area contributed by atoms with Gasteiger partial charge in [-0.1, -0.05) is 0 Å². The van der Waals surface area contributed by atoms with E-state index in [4.69, 9.17) is 0 Å². The van der Waals surface area contributed by atoms with Crippen molar-refractivity contribution in [1.29, 1.82) is 0 Å². The molecular formula is C9H6O5. The minimum absolute atomic E-state index is 0.00836. The highest BCUT2D eigenvalue weighted by atomic mass is 16.5. The molecule has 1 aromatic carbocycles. The van der Waals surface area contributed by atoms with Gasteiger partial charge >= 0.3 is 5.97 Å². The molecule has 0 bridgehead atoms. The number of carbonyl (C=O) groups excluding carboxylic acids is 2. The van der Waals surface area contributed by atoms with Gasteiger partial charge in [0.2, 0.25) is 0 Å². The smallest absolute Gasteiger partial charge is 0.342 e. The summed E-state index contributed by atoms with van der Waals surface area (Å²) in [5, 5.41) is 18.8. The first-order valence-electron chi connectivity index (χ1n) is 3.85. The lowest BCUT2D eigenvalue weighted by atomic mass is 10.0. The van der Waals surface area contributed by atoms with Crippen molar-refractivity contribution in [2.75, 3.05) is 0 Å².